The number of aliphatic carboxylic acids is 1. The molecule has 0 aromatic heterocycles. The van der Waals surface area contributed by atoms with Crippen molar-refractivity contribution in [1.82, 2.24) is 5.32 Å². The SMILES string of the molecule is Cc1cc(C)cc(C(=O)NC(CC(F)(F)F)C(=O)O)c1. The highest BCUT2D eigenvalue weighted by atomic mass is 19.4. The summed E-state index contributed by atoms with van der Waals surface area (Å²) in [4.78, 5) is 22.6. The molecule has 1 amide bonds. The minimum Gasteiger partial charge on any atom is -0.480 e. The summed E-state index contributed by atoms with van der Waals surface area (Å²) in [6, 6.07) is 2.76. The Balaban J connectivity index is 2.88. The third-order valence-electron chi connectivity index (χ3n) is 2.52. The first kappa shape index (κ1) is 16.0. The van der Waals surface area contributed by atoms with Crippen molar-refractivity contribution in [3.05, 3.63) is 34.9 Å². The number of benzene rings is 1. The van der Waals surface area contributed by atoms with Crippen LogP contribution >= 0.6 is 0 Å². The minimum absolute atomic E-state index is 0.135. The minimum atomic E-state index is -4.67. The number of carbonyl (C=O) groups is 2. The zero-order valence-corrected chi connectivity index (χ0v) is 10.9. The lowest BCUT2D eigenvalue weighted by Crippen LogP contribution is -2.43. The molecule has 1 aromatic carbocycles. The van der Waals surface area contributed by atoms with Gasteiger partial charge in [0.25, 0.3) is 5.91 Å². The molecule has 0 fully saturated rings. The van der Waals surface area contributed by atoms with E-state index in [1.54, 1.807) is 19.9 Å². The van der Waals surface area contributed by atoms with Gasteiger partial charge in [0.1, 0.15) is 6.04 Å². The van der Waals surface area contributed by atoms with Crippen LogP contribution in [0.5, 0.6) is 0 Å². The van der Waals surface area contributed by atoms with E-state index in [1.807, 2.05) is 5.32 Å². The summed E-state index contributed by atoms with van der Waals surface area (Å²) in [5.74, 6) is -2.56. The zero-order chi connectivity index (χ0) is 15.5. The van der Waals surface area contributed by atoms with Gasteiger partial charge in [-0.2, -0.15) is 13.2 Å². The third-order valence-corrected chi connectivity index (χ3v) is 2.52. The summed E-state index contributed by atoms with van der Waals surface area (Å²) in [6.45, 7) is 3.46. The van der Waals surface area contributed by atoms with Gasteiger partial charge in [-0.1, -0.05) is 17.2 Å². The van der Waals surface area contributed by atoms with Gasteiger partial charge < -0.3 is 10.4 Å². The first-order valence-electron chi connectivity index (χ1n) is 5.77. The Morgan fingerprint density at radius 2 is 1.70 bits per heavy atom. The van der Waals surface area contributed by atoms with Crippen LogP contribution in [0.15, 0.2) is 18.2 Å². The average molecular weight is 289 g/mol. The lowest BCUT2D eigenvalue weighted by molar-refractivity contribution is -0.157. The molecule has 2 N–H and O–H groups in total. The molecule has 110 valence electrons. The summed E-state index contributed by atoms with van der Waals surface area (Å²) < 4.78 is 36.7. The molecule has 1 rings (SSSR count). The van der Waals surface area contributed by atoms with Crippen LogP contribution in [0.3, 0.4) is 0 Å². The second-order valence-corrected chi connectivity index (χ2v) is 4.56. The van der Waals surface area contributed by atoms with Gasteiger partial charge in [0, 0.05) is 5.56 Å². The number of amides is 1. The maximum atomic E-state index is 12.2. The van der Waals surface area contributed by atoms with Crippen LogP contribution < -0.4 is 5.32 Å². The molecule has 0 saturated heterocycles. The van der Waals surface area contributed by atoms with Crippen LogP contribution in [0.1, 0.15) is 27.9 Å². The molecule has 0 heterocycles. The van der Waals surface area contributed by atoms with Crippen LogP contribution in [0, 0.1) is 13.8 Å². The normalized spacial score (nSPS) is 12.8. The Morgan fingerprint density at radius 3 is 2.10 bits per heavy atom. The van der Waals surface area contributed by atoms with E-state index in [-0.39, 0.29) is 5.56 Å². The van der Waals surface area contributed by atoms with Gasteiger partial charge in [0.05, 0.1) is 6.42 Å². The second kappa shape index (κ2) is 5.94. The predicted octanol–water partition coefficient (Wildman–Crippen LogP) is 2.44. The summed E-state index contributed by atoms with van der Waals surface area (Å²) in [5.41, 5.74) is 1.66. The molecule has 20 heavy (non-hydrogen) atoms. The number of hydrogen-bond donors (Lipinski definition) is 2. The van der Waals surface area contributed by atoms with Crippen molar-refractivity contribution in [3.8, 4) is 0 Å². The Morgan fingerprint density at radius 1 is 1.20 bits per heavy atom. The molecule has 1 aromatic rings. The summed E-state index contributed by atoms with van der Waals surface area (Å²) >= 11 is 0. The molecule has 0 aliphatic heterocycles. The van der Waals surface area contributed by atoms with Gasteiger partial charge in [-0.25, -0.2) is 4.79 Å². The van der Waals surface area contributed by atoms with E-state index in [4.69, 9.17) is 5.11 Å². The van der Waals surface area contributed by atoms with Crippen LogP contribution in [0.2, 0.25) is 0 Å². The molecule has 0 saturated carbocycles. The first-order valence-corrected chi connectivity index (χ1v) is 5.77. The summed E-state index contributed by atoms with van der Waals surface area (Å²) in [7, 11) is 0. The van der Waals surface area contributed by atoms with Crippen molar-refractivity contribution in [3.63, 3.8) is 0 Å². The van der Waals surface area contributed by atoms with Gasteiger partial charge in [-0.05, 0) is 26.0 Å². The quantitative estimate of drug-likeness (QED) is 0.894. The summed E-state index contributed by atoms with van der Waals surface area (Å²) in [6.07, 6.45) is -6.28. The number of nitrogens with one attached hydrogen (secondary N) is 1. The maximum Gasteiger partial charge on any atom is 0.391 e. The van der Waals surface area contributed by atoms with Crippen molar-refractivity contribution in [2.45, 2.75) is 32.5 Å². The second-order valence-electron chi connectivity index (χ2n) is 4.56. The fourth-order valence-electron chi connectivity index (χ4n) is 1.78. The van der Waals surface area contributed by atoms with E-state index in [9.17, 15) is 22.8 Å². The molecule has 0 spiro atoms. The van der Waals surface area contributed by atoms with Crippen molar-refractivity contribution in [2.24, 2.45) is 0 Å². The molecule has 1 unspecified atom stereocenters. The zero-order valence-electron chi connectivity index (χ0n) is 10.9. The van der Waals surface area contributed by atoms with Crippen LogP contribution in [-0.4, -0.2) is 29.2 Å². The van der Waals surface area contributed by atoms with Crippen LogP contribution in [0.4, 0.5) is 13.2 Å². The number of aryl methyl sites for hydroxylation is 2. The first-order chi connectivity index (χ1) is 9.08. The standard InChI is InChI=1S/C13H14F3NO3/c1-7-3-8(2)5-9(4-7)11(18)17-10(12(19)20)6-13(14,15)16/h3-5,10H,6H2,1-2H3,(H,17,18)(H,19,20). The molecule has 1 atom stereocenters. The number of hydrogen-bond acceptors (Lipinski definition) is 2. The number of carbonyl (C=O) groups excluding carboxylic acids is 1. The van der Waals surface area contributed by atoms with Crippen molar-refractivity contribution in [1.29, 1.82) is 0 Å². The monoisotopic (exact) mass is 289 g/mol. The summed E-state index contributed by atoms with van der Waals surface area (Å²) in [5, 5.41) is 10.6. The van der Waals surface area contributed by atoms with E-state index >= 15 is 0 Å². The van der Waals surface area contributed by atoms with E-state index < -0.39 is 30.5 Å². The third kappa shape index (κ3) is 4.91. The van der Waals surface area contributed by atoms with E-state index in [0.717, 1.165) is 11.1 Å². The largest absolute Gasteiger partial charge is 0.480 e. The lowest BCUT2D eigenvalue weighted by Gasteiger charge is -2.16. The molecule has 0 radical (unpaired) electrons. The highest BCUT2D eigenvalue weighted by Gasteiger charge is 2.36. The molecule has 0 aliphatic rings. The highest BCUT2D eigenvalue weighted by molar-refractivity contribution is 5.96. The van der Waals surface area contributed by atoms with Crippen molar-refractivity contribution < 1.29 is 27.9 Å². The van der Waals surface area contributed by atoms with Gasteiger partial charge in [-0.3, -0.25) is 4.79 Å². The van der Waals surface area contributed by atoms with Crippen molar-refractivity contribution >= 4 is 11.9 Å². The highest BCUT2D eigenvalue weighted by Crippen LogP contribution is 2.22. The molecular formula is C13H14F3NO3. The number of carboxylic acids is 1. The fraction of sp³-hybridized carbons (Fsp3) is 0.385. The number of rotatable bonds is 4. The number of carboxylic acid groups (broad SMARTS) is 1. The number of alkyl halides is 3. The van der Waals surface area contributed by atoms with Crippen LogP contribution in [-0.2, 0) is 4.79 Å². The van der Waals surface area contributed by atoms with Crippen molar-refractivity contribution in [2.75, 3.05) is 0 Å². The molecule has 0 aliphatic carbocycles. The number of halogens is 3. The van der Waals surface area contributed by atoms with E-state index in [0.29, 0.717) is 0 Å². The maximum absolute atomic E-state index is 12.2. The Labute approximate surface area is 113 Å². The smallest absolute Gasteiger partial charge is 0.391 e. The average Bonchev–Trinajstić information content (AvgIpc) is 2.24. The molecule has 0 bridgehead atoms. The fourth-order valence-corrected chi connectivity index (χ4v) is 1.78. The van der Waals surface area contributed by atoms with Crippen LogP contribution in [0.25, 0.3) is 0 Å². The topological polar surface area (TPSA) is 66.4 Å². The Bertz CT molecular complexity index is 506. The molecule has 4 nitrogen and oxygen atoms in total. The Kier molecular flexibility index (Phi) is 4.75. The molecule has 7 heteroatoms. The van der Waals surface area contributed by atoms with Gasteiger partial charge in [-0.15, -0.1) is 0 Å². The van der Waals surface area contributed by atoms with Gasteiger partial charge in [0.15, 0.2) is 0 Å². The van der Waals surface area contributed by atoms with Gasteiger partial charge in [0.2, 0.25) is 0 Å². The lowest BCUT2D eigenvalue weighted by atomic mass is 10.1. The predicted molar refractivity (Wildman–Crippen MR) is 65.5 cm³/mol. The Hall–Kier alpha value is -2.05. The van der Waals surface area contributed by atoms with Gasteiger partial charge >= 0.3 is 12.1 Å². The molecular weight excluding hydrogens is 275 g/mol. The van der Waals surface area contributed by atoms with E-state index in [1.165, 1.54) is 12.1 Å². The van der Waals surface area contributed by atoms with E-state index in [2.05, 4.69) is 0 Å².